The van der Waals surface area contributed by atoms with Gasteiger partial charge in [0.05, 0.1) is 19.5 Å². The van der Waals surface area contributed by atoms with Crippen molar-refractivity contribution in [2.45, 2.75) is 19.1 Å². The molecule has 22 heavy (non-hydrogen) atoms. The average Bonchev–Trinajstić information content (AvgIpc) is 2.97. The monoisotopic (exact) mass is 313 g/mol. The molecule has 0 bridgehead atoms. The van der Waals surface area contributed by atoms with Gasteiger partial charge in [0.25, 0.3) is 5.91 Å². The molecule has 0 aliphatic carbocycles. The minimum atomic E-state index is -4.66. The lowest BCUT2D eigenvalue weighted by molar-refractivity contribution is -0.141. The maximum Gasteiger partial charge on any atom is 0.433 e. The second-order valence-corrected chi connectivity index (χ2v) is 4.59. The number of halogens is 3. The fourth-order valence-corrected chi connectivity index (χ4v) is 1.92. The molecule has 0 fully saturated rings. The molecular formula is C14H14F3N3O2. The first-order valence-corrected chi connectivity index (χ1v) is 6.38. The Bertz CT molecular complexity index is 650. The molecule has 0 saturated heterocycles. The number of ether oxygens (including phenoxy) is 1. The molecule has 0 spiro atoms. The van der Waals surface area contributed by atoms with Crippen molar-refractivity contribution in [1.82, 2.24) is 15.3 Å². The highest BCUT2D eigenvalue weighted by molar-refractivity contribution is 5.93. The third-order valence-electron chi connectivity index (χ3n) is 3.10. The van der Waals surface area contributed by atoms with Gasteiger partial charge in [-0.1, -0.05) is 12.1 Å². The van der Waals surface area contributed by atoms with Crippen LogP contribution in [-0.4, -0.2) is 23.0 Å². The van der Waals surface area contributed by atoms with Crippen LogP contribution >= 0.6 is 0 Å². The van der Waals surface area contributed by atoms with Gasteiger partial charge in [-0.2, -0.15) is 13.2 Å². The van der Waals surface area contributed by atoms with Crippen molar-refractivity contribution in [1.29, 1.82) is 0 Å². The standard InChI is InChI=1S/C14H14F3N3O2/c1-8(9-3-5-10(22-2)6-4-9)20-13(21)11-12(14(15,16)17)19-7-18-11/h3-8H,1-2H3,(H,18,19)(H,20,21). The first kappa shape index (κ1) is 15.9. The fraction of sp³-hybridized carbons (Fsp3) is 0.286. The van der Waals surface area contributed by atoms with Crippen LogP contribution in [0.5, 0.6) is 5.75 Å². The Kier molecular flexibility index (Phi) is 4.39. The lowest BCUT2D eigenvalue weighted by atomic mass is 10.1. The lowest BCUT2D eigenvalue weighted by Crippen LogP contribution is -2.29. The molecule has 1 aromatic heterocycles. The van der Waals surface area contributed by atoms with E-state index in [9.17, 15) is 18.0 Å². The van der Waals surface area contributed by atoms with E-state index in [0.29, 0.717) is 5.75 Å². The number of nitrogens with one attached hydrogen (secondary N) is 2. The zero-order chi connectivity index (χ0) is 16.3. The number of aromatic amines is 1. The number of hydrogen-bond donors (Lipinski definition) is 2. The van der Waals surface area contributed by atoms with E-state index < -0.39 is 29.5 Å². The number of hydrogen-bond acceptors (Lipinski definition) is 3. The van der Waals surface area contributed by atoms with Gasteiger partial charge in [0.1, 0.15) is 5.75 Å². The Morgan fingerprint density at radius 1 is 1.32 bits per heavy atom. The SMILES string of the molecule is COc1ccc(C(C)NC(=O)c2nc[nH]c2C(F)(F)F)cc1. The number of benzene rings is 1. The number of nitrogens with zero attached hydrogens (tertiary/aromatic N) is 1. The summed E-state index contributed by atoms with van der Waals surface area (Å²) >= 11 is 0. The summed E-state index contributed by atoms with van der Waals surface area (Å²) in [6, 6.07) is 6.37. The Hall–Kier alpha value is -2.51. The van der Waals surface area contributed by atoms with Crippen LogP contribution in [0.25, 0.3) is 0 Å². The van der Waals surface area contributed by atoms with Gasteiger partial charge in [-0.15, -0.1) is 0 Å². The zero-order valence-electron chi connectivity index (χ0n) is 11.9. The normalized spacial score (nSPS) is 12.8. The van der Waals surface area contributed by atoms with Crippen molar-refractivity contribution < 1.29 is 22.7 Å². The average molecular weight is 313 g/mol. The molecule has 5 nitrogen and oxygen atoms in total. The molecule has 118 valence electrons. The highest BCUT2D eigenvalue weighted by atomic mass is 19.4. The predicted octanol–water partition coefficient (Wildman–Crippen LogP) is 2.93. The number of H-pyrrole nitrogens is 1. The summed E-state index contributed by atoms with van der Waals surface area (Å²) in [5.74, 6) is -0.245. The van der Waals surface area contributed by atoms with Crippen LogP contribution in [0.2, 0.25) is 0 Å². The molecule has 2 N–H and O–H groups in total. The van der Waals surface area contributed by atoms with Crippen LogP contribution < -0.4 is 10.1 Å². The van der Waals surface area contributed by atoms with Gasteiger partial charge in [0.2, 0.25) is 0 Å². The van der Waals surface area contributed by atoms with Crippen LogP contribution in [0, 0.1) is 0 Å². The van der Waals surface area contributed by atoms with E-state index in [1.54, 1.807) is 31.2 Å². The summed E-state index contributed by atoms with van der Waals surface area (Å²) in [7, 11) is 1.52. The smallest absolute Gasteiger partial charge is 0.433 e. The van der Waals surface area contributed by atoms with Crippen molar-refractivity contribution in [3.8, 4) is 5.75 Å². The number of imidazole rings is 1. The molecule has 0 radical (unpaired) electrons. The summed E-state index contributed by atoms with van der Waals surface area (Å²) in [5.41, 5.74) is -1.10. The number of carbonyl (C=O) groups is 1. The Morgan fingerprint density at radius 2 is 1.95 bits per heavy atom. The first-order chi connectivity index (χ1) is 10.3. The van der Waals surface area contributed by atoms with Gasteiger partial charge in [-0.05, 0) is 24.6 Å². The van der Waals surface area contributed by atoms with E-state index in [0.717, 1.165) is 11.9 Å². The van der Waals surface area contributed by atoms with E-state index in [4.69, 9.17) is 4.74 Å². The number of methoxy groups -OCH3 is 1. The minimum Gasteiger partial charge on any atom is -0.497 e. The second kappa shape index (κ2) is 6.08. The van der Waals surface area contributed by atoms with Crippen LogP contribution in [0.4, 0.5) is 13.2 Å². The topological polar surface area (TPSA) is 67.0 Å². The summed E-state index contributed by atoms with van der Waals surface area (Å²) < 4.78 is 43.2. The van der Waals surface area contributed by atoms with Gasteiger partial charge in [0, 0.05) is 0 Å². The highest BCUT2D eigenvalue weighted by Gasteiger charge is 2.38. The molecule has 1 atom stereocenters. The van der Waals surface area contributed by atoms with E-state index in [-0.39, 0.29) is 0 Å². The molecule has 2 rings (SSSR count). The number of aromatic nitrogens is 2. The number of carbonyl (C=O) groups excluding carboxylic acids is 1. The van der Waals surface area contributed by atoms with E-state index in [2.05, 4.69) is 10.3 Å². The lowest BCUT2D eigenvalue weighted by Gasteiger charge is -2.15. The van der Waals surface area contributed by atoms with Crippen molar-refractivity contribution >= 4 is 5.91 Å². The highest BCUT2D eigenvalue weighted by Crippen LogP contribution is 2.29. The first-order valence-electron chi connectivity index (χ1n) is 6.38. The second-order valence-electron chi connectivity index (χ2n) is 4.59. The fourth-order valence-electron chi connectivity index (χ4n) is 1.92. The predicted molar refractivity (Wildman–Crippen MR) is 72.5 cm³/mol. The van der Waals surface area contributed by atoms with Crippen molar-refractivity contribution in [3.05, 3.63) is 47.5 Å². The van der Waals surface area contributed by atoms with Gasteiger partial charge in [-0.25, -0.2) is 4.98 Å². The van der Waals surface area contributed by atoms with Gasteiger partial charge in [0.15, 0.2) is 11.4 Å². The molecule has 1 amide bonds. The van der Waals surface area contributed by atoms with Gasteiger partial charge in [-0.3, -0.25) is 4.79 Å². The summed E-state index contributed by atoms with van der Waals surface area (Å²) in [5, 5.41) is 2.49. The maximum absolute atomic E-state index is 12.7. The van der Waals surface area contributed by atoms with E-state index in [1.807, 2.05) is 4.98 Å². The van der Waals surface area contributed by atoms with Crippen molar-refractivity contribution in [2.75, 3.05) is 7.11 Å². The Morgan fingerprint density at radius 3 is 2.50 bits per heavy atom. The summed E-state index contributed by atoms with van der Waals surface area (Å²) in [4.78, 5) is 17.4. The molecule has 1 aromatic carbocycles. The zero-order valence-corrected chi connectivity index (χ0v) is 11.9. The summed E-state index contributed by atoms with van der Waals surface area (Å²) in [6.07, 6.45) is -3.82. The van der Waals surface area contributed by atoms with Crippen LogP contribution in [0.3, 0.4) is 0 Å². The third kappa shape index (κ3) is 3.38. The Balaban J connectivity index is 2.13. The molecule has 0 aliphatic rings. The minimum absolute atomic E-state index is 0.476. The maximum atomic E-state index is 12.7. The van der Waals surface area contributed by atoms with Crippen LogP contribution in [0.15, 0.2) is 30.6 Å². The molecule has 1 heterocycles. The van der Waals surface area contributed by atoms with Gasteiger partial charge >= 0.3 is 6.18 Å². The molecule has 2 aromatic rings. The van der Waals surface area contributed by atoms with E-state index >= 15 is 0 Å². The van der Waals surface area contributed by atoms with Crippen LogP contribution in [-0.2, 0) is 6.18 Å². The van der Waals surface area contributed by atoms with Crippen LogP contribution in [0.1, 0.15) is 34.7 Å². The quantitative estimate of drug-likeness (QED) is 0.912. The number of amides is 1. The van der Waals surface area contributed by atoms with Crippen molar-refractivity contribution in [3.63, 3.8) is 0 Å². The molecule has 0 saturated carbocycles. The molecule has 8 heteroatoms. The Labute approximate surface area is 124 Å². The molecular weight excluding hydrogens is 299 g/mol. The summed E-state index contributed by atoms with van der Waals surface area (Å²) in [6.45, 7) is 1.67. The third-order valence-corrected chi connectivity index (χ3v) is 3.10. The largest absolute Gasteiger partial charge is 0.497 e. The number of alkyl halides is 3. The van der Waals surface area contributed by atoms with Crippen molar-refractivity contribution in [2.24, 2.45) is 0 Å². The number of rotatable bonds is 4. The van der Waals surface area contributed by atoms with Gasteiger partial charge < -0.3 is 15.0 Å². The molecule has 0 aliphatic heterocycles. The van der Waals surface area contributed by atoms with E-state index in [1.165, 1.54) is 7.11 Å². The molecule has 1 unspecified atom stereocenters.